The molecule has 0 saturated heterocycles. The summed E-state index contributed by atoms with van der Waals surface area (Å²) in [5, 5.41) is 9.41. The molecule has 1 aromatic carbocycles. The highest BCUT2D eigenvalue weighted by Crippen LogP contribution is 2.17. The first kappa shape index (κ1) is 14.2. The summed E-state index contributed by atoms with van der Waals surface area (Å²) in [6.07, 6.45) is 0. The van der Waals surface area contributed by atoms with Gasteiger partial charge in [-0.05, 0) is 38.5 Å². The van der Waals surface area contributed by atoms with Crippen molar-refractivity contribution in [1.82, 2.24) is 15.5 Å². The fraction of sp³-hybridized carbons (Fsp3) is 0.286. The molecule has 1 atom stereocenters. The number of aromatic amines is 1. The highest BCUT2D eigenvalue weighted by Gasteiger charge is 2.18. The maximum Gasteiger partial charge on any atom is 0.255 e. The minimum absolute atomic E-state index is 0.300. The largest absolute Gasteiger partial charge is 0.345 e. The number of nitrogens with one attached hydrogen (secondary N) is 2. The smallest absolute Gasteiger partial charge is 0.255 e. The average molecular weight is 279 g/mol. The predicted molar refractivity (Wildman–Crippen MR) is 70.3 cm³/mol. The highest BCUT2D eigenvalue weighted by molar-refractivity contribution is 5.96. The van der Waals surface area contributed by atoms with Gasteiger partial charge in [-0.25, -0.2) is 8.78 Å². The maximum absolute atomic E-state index is 13.2. The Labute approximate surface area is 115 Å². The van der Waals surface area contributed by atoms with Gasteiger partial charge in [-0.1, -0.05) is 6.07 Å². The summed E-state index contributed by atoms with van der Waals surface area (Å²) in [5.41, 5.74) is 2.23. The summed E-state index contributed by atoms with van der Waals surface area (Å²) < 4.78 is 26.1. The minimum Gasteiger partial charge on any atom is -0.345 e. The van der Waals surface area contributed by atoms with Crippen LogP contribution in [0.1, 0.15) is 40.3 Å². The molecular formula is C14H15F2N3O. The third kappa shape index (κ3) is 2.68. The second kappa shape index (κ2) is 5.40. The van der Waals surface area contributed by atoms with Crippen molar-refractivity contribution in [2.45, 2.75) is 26.8 Å². The highest BCUT2D eigenvalue weighted by atomic mass is 19.2. The van der Waals surface area contributed by atoms with Gasteiger partial charge in [0.2, 0.25) is 0 Å². The Morgan fingerprint density at radius 3 is 2.55 bits per heavy atom. The molecule has 1 unspecified atom stereocenters. The van der Waals surface area contributed by atoms with E-state index >= 15 is 0 Å². The number of nitrogens with zero attached hydrogens (tertiary/aromatic N) is 1. The fourth-order valence-electron chi connectivity index (χ4n) is 2.02. The number of hydrogen-bond donors (Lipinski definition) is 2. The SMILES string of the molecule is Cc1n[nH]c(C)c1C(=O)NC(C)c1ccc(F)c(F)c1. The van der Waals surface area contributed by atoms with Crippen molar-refractivity contribution in [2.75, 3.05) is 0 Å². The van der Waals surface area contributed by atoms with Gasteiger partial charge >= 0.3 is 0 Å². The number of halogens is 2. The molecule has 0 radical (unpaired) electrons. The van der Waals surface area contributed by atoms with Gasteiger partial charge in [0.1, 0.15) is 0 Å². The lowest BCUT2D eigenvalue weighted by molar-refractivity contribution is 0.0938. The number of carbonyl (C=O) groups excluding carboxylic acids is 1. The lowest BCUT2D eigenvalue weighted by Crippen LogP contribution is -2.27. The molecular weight excluding hydrogens is 264 g/mol. The lowest BCUT2D eigenvalue weighted by atomic mass is 10.1. The number of rotatable bonds is 3. The molecule has 6 heteroatoms. The monoisotopic (exact) mass is 279 g/mol. The van der Waals surface area contributed by atoms with Crippen LogP contribution in [0.15, 0.2) is 18.2 Å². The van der Waals surface area contributed by atoms with Crippen molar-refractivity contribution in [3.05, 3.63) is 52.3 Å². The van der Waals surface area contributed by atoms with E-state index in [9.17, 15) is 13.6 Å². The molecule has 20 heavy (non-hydrogen) atoms. The number of aromatic nitrogens is 2. The van der Waals surface area contributed by atoms with Crippen LogP contribution in [0.25, 0.3) is 0 Å². The Bertz CT molecular complexity index is 632. The molecule has 1 aromatic heterocycles. The zero-order valence-electron chi connectivity index (χ0n) is 11.4. The number of benzene rings is 1. The van der Waals surface area contributed by atoms with Gasteiger partial charge in [0.15, 0.2) is 11.6 Å². The third-order valence-electron chi connectivity index (χ3n) is 3.15. The van der Waals surface area contributed by atoms with Gasteiger partial charge < -0.3 is 5.32 Å². The fourth-order valence-corrected chi connectivity index (χ4v) is 2.02. The van der Waals surface area contributed by atoms with E-state index < -0.39 is 17.7 Å². The standard InChI is InChI=1S/C14H15F2N3O/c1-7(10-4-5-11(15)12(16)6-10)17-14(20)13-8(2)18-19-9(13)3/h4-7H,1-3H3,(H,17,20)(H,18,19). The molecule has 4 nitrogen and oxygen atoms in total. The van der Waals surface area contributed by atoms with Crippen molar-refractivity contribution < 1.29 is 13.6 Å². The summed E-state index contributed by atoms with van der Waals surface area (Å²) in [5.74, 6) is -2.14. The molecule has 0 fully saturated rings. The Hall–Kier alpha value is -2.24. The van der Waals surface area contributed by atoms with Gasteiger partial charge in [-0.15, -0.1) is 0 Å². The first-order valence-electron chi connectivity index (χ1n) is 6.17. The molecule has 2 N–H and O–H groups in total. The van der Waals surface area contributed by atoms with Gasteiger partial charge in [0.25, 0.3) is 5.91 Å². The van der Waals surface area contributed by atoms with Gasteiger partial charge in [-0.3, -0.25) is 9.89 Å². The van der Waals surface area contributed by atoms with E-state index in [0.29, 0.717) is 22.5 Å². The Kier molecular flexibility index (Phi) is 3.83. The second-order valence-corrected chi connectivity index (χ2v) is 4.68. The van der Waals surface area contributed by atoms with Crippen molar-refractivity contribution in [3.63, 3.8) is 0 Å². The summed E-state index contributed by atoms with van der Waals surface area (Å²) >= 11 is 0. The number of amides is 1. The van der Waals surface area contributed by atoms with Gasteiger partial charge in [0, 0.05) is 5.69 Å². The van der Waals surface area contributed by atoms with Crippen molar-refractivity contribution >= 4 is 5.91 Å². The van der Waals surface area contributed by atoms with E-state index in [1.54, 1.807) is 20.8 Å². The molecule has 106 valence electrons. The van der Waals surface area contributed by atoms with E-state index in [4.69, 9.17) is 0 Å². The zero-order valence-corrected chi connectivity index (χ0v) is 11.4. The summed E-state index contributed by atoms with van der Waals surface area (Å²) in [6, 6.07) is 3.13. The van der Waals surface area contributed by atoms with Gasteiger partial charge in [0.05, 0.1) is 17.3 Å². The van der Waals surface area contributed by atoms with Crippen LogP contribution in [0, 0.1) is 25.5 Å². The molecule has 0 saturated carbocycles. The van der Waals surface area contributed by atoms with Crippen LogP contribution in [0.5, 0.6) is 0 Å². The molecule has 0 aliphatic rings. The molecule has 2 rings (SSSR count). The van der Waals surface area contributed by atoms with E-state index in [2.05, 4.69) is 15.5 Å². The van der Waals surface area contributed by atoms with Crippen LogP contribution in [0.2, 0.25) is 0 Å². The molecule has 0 aliphatic carbocycles. The van der Waals surface area contributed by atoms with Crippen LogP contribution in [0.4, 0.5) is 8.78 Å². The minimum atomic E-state index is -0.931. The average Bonchev–Trinajstić information content (AvgIpc) is 2.72. The maximum atomic E-state index is 13.2. The number of carbonyl (C=O) groups is 1. The van der Waals surface area contributed by atoms with Crippen LogP contribution in [-0.4, -0.2) is 16.1 Å². The third-order valence-corrected chi connectivity index (χ3v) is 3.15. The summed E-state index contributed by atoms with van der Waals surface area (Å²) in [6.45, 7) is 5.17. The Morgan fingerprint density at radius 1 is 1.30 bits per heavy atom. The first-order valence-corrected chi connectivity index (χ1v) is 6.17. The van der Waals surface area contributed by atoms with Crippen LogP contribution < -0.4 is 5.32 Å². The normalized spacial score (nSPS) is 12.2. The van der Waals surface area contributed by atoms with E-state index in [1.165, 1.54) is 6.07 Å². The molecule has 1 amide bonds. The van der Waals surface area contributed by atoms with Gasteiger partial charge in [-0.2, -0.15) is 5.10 Å². The lowest BCUT2D eigenvalue weighted by Gasteiger charge is -2.14. The van der Waals surface area contributed by atoms with E-state index in [0.717, 1.165) is 12.1 Å². The second-order valence-electron chi connectivity index (χ2n) is 4.68. The molecule has 1 heterocycles. The zero-order chi connectivity index (χ0) is 14.9. The number of H-pyrrole nitrogens is 1. The topological polar surface area (TPSA) is 57.8 Å². The van der Waals surface area contributed by atoms with Crippen molar-refractivity contribution in [3.8, 4) is 0 Å². The molecule has 0 bridgehead atoms. The van der Waals surface area contributed by atoms with Crippen LogP contribution >= 0.6 is 0 Å². The molecule has 0 spiro atoms. The summed E-state index contributed by atoms with van der Waals surface area (Å²) in [4.78, 5) is 12.1. The summed E-state index contributed by atoms with van der Waals surface area (Å²) in [7, 11) is 0. The number of aryl methyl sites for hydroxylation is 2. The molecule has 0 aliphatic heterocycles. The molecule has 2 aromatic rings. The van der Waals surface area contributed by atoms with Crippen LogP contribution in [0.3, 0.4) is 0 Å². The van der Waals surface area contributed by atoms with E-state index in [1.807, 2.05) is 0 Å². The quantitative estimate of drug-likeness (QED) is 0.907. The van der Waals surface area contributed by atoms with Crippen LogP contribution in [-0.2, 0) is 0 Å². The predicted octanol–water partition coefficient (Wildman–Crippen LogP) is 2.80. The number of hydrogen-bond acceptors (Lipinski definition) is 2. The van der Waals surface area contributed by atoms with Crippen molar-refractivity contribution in [2.24, 2.45) is 0 Å². The Morgan fingerprint density at radius 2 is 2.00 bits per heavy atom. The van der Waals surface area contributed by atoms with E-state index in [-0.39, 0.29) is 5.91 Å². The Balaban J connectivity index is 2.17. The van der Waals surface area contributed by atoms with Crippen molar-refractivity contribution in [1.29, 1.82) is 0 Å². The first-order chi connectivity index (χ1) is 9.40.